The van der Waals surface area contributed by atoms with E-state index in [1.807, 2.05) is 12.1 Å². The molecule has 1 heterocycles. The largest absolute Gasteiger partial charge is 0.303 e. The molecule has 2 fully saturated rings. The van der Waals surface area contributed by atoms with Gasteiger partial charge in [-0.2, -0.15) is 13.1 Å². The van der Waals surface area contributed by atoms with Gasteiger partial charge in [0, 0.05) is 15.5 Å². The first-order valence-corrected chi connectivity index (χ1v) is 13.5. The van der Waals surface area contributed by atoms with Crippen molar-refractivity contribution >= 4 is 37.7 Å². The average Bonchev–Trinajstić information content (AvgIpc) is 2.66. The third kappa shape index (κ3) is 8.11. The summed E-state index contributed by atoms with van der Waals surface area (Å²) in [5, 5.41) is 5.89. The van der Waals surface area contributed by atoms with Gasteiger partial charge in [0.15, 0.2) is 0 Å². The lowest BCUT2D eigenvalue weighted by molar-refractivity contribution is 0.175. The van der Waals surface area contributed by atoms with Crippen LogP contribution in [0.2, 0.25) is 5.02 Å². The highest BCUT2D eigenvalue weighted by molar-refractivity contribution is 9.10. The lowest BCUT2D eigenvalue weighted by atomic mass is 9.83. The number of hydrogen-bond acceptors (Lipinski definition) is 3. The van der Waals surface area contributed by atoms with Crippen LogP contribution < -0.4 is 9.86 Å². The Balaban J connectivity index is 1.30. The summed E-state index contributed by atoms with van der Waals surface area (Å²) in [5.41, 5.74) is 1.32. The van der Waals surface area contributed by atoms with Crippen LogP contribution in [0.1, 0.15) is 56.9 Å². The lowest BCUT2D eigenvalue weighted by Crippen LogP contribution is -2.41. The topological polar surface area (TPSA) is 75.4 Å². The normalized spacial score (nSPS) is 24.7. The van der Waals surface area contributed by atoms with Gasteiger partial charge in [-0.1, -0.05) is 27.5 Å². The van der Waals surface area contributed by atoms with E-state index in [4.69, 9.17) is 16.7 Å². The summed E-state index contributed by atoms with van der Waals surface area (Å²) in [5.74, 6) is 1.47. The van der Waals surface area contributed by atoms with Crippen molar-refractivity contribution in [1.82, 2.24) is 9.62 Å². The fourth-order valence-electron chi connectivity index (χ4n) is 4.83. The molecule has 3 N–H and O–H groups in total. The van der Waals surface area contributed by atoms with Crippen molar-refractivity contribution in [3.8, 4) is 0 Å². The van der Waals surface area contributed by atoms with E-state index in [1.165, 1.54) is 55.4 Å². The minimum atomic E-state index is -3.57. The molecular formula is C21H33BrClN3O2S. The van der Waals surface area contributed by atoms with Crippen LogP contribution in [0, 0.1) is 11.8 Å². The van der Waals surface area contributed by atoms with E-state index < -0.39 is 10.2 Å². The molecule has 1 saturated carbocycles. The smallest absolute Gasteiger partial charge is 0.274 e. The Bertz CT molecular complexity index is 761. The Kier molecular flexibility index (Phi) is 8.84. The van der Waals surface area contributed by atoms with Crippen LogP contribution in [0.15, 0.2) is 22.7 Å². The van der Waals surface area contributed by atoms with Crippen molar-refractivity contribution in [1.29, 1.82) is 0 Å². The Hall–Kier alpha value is -0.180. The van der Waals surface area contributed by atoms with Crippen LogP contribution in [-0.2, 0) is 16.6 Å². The number of piperidine rings is 1. The van der Waals surface area contributed by atoms with E-state index in [-0.39, 0.29) is 6.04 Å². The zero-order valence-corrected chi connectivity index (χ0v) is 20.1. The van der Waals surface area contributed by atoms with Crippen LogP contribution in [0.25, 0.3) is 0 Å². The van der Waals surface area contributed by atoms with Crippen LogP contribution in [0.3, 0.4) is 0 Å². The van der Waals surface area contributed by atoms with E-state index >= 15 is 0 Å². The number of benzene rings is 1. The molecule has 1 aliphatic heterocycles. The zero-order chi connectivity index (χ0) is 20.9. The van der Waals surface area contributed by atoms with Crippen molar-refractivity contribution in [3.63, 3.8) is 0 Å². The molecule has 0 unspecified atom stereocenters. The summed E-state index contributed by atoms with van der Waals surface area (Å²) in [6, 6.07) is 6.09. The molecule has 1 aromatic rings. The maximum atomic E-state index is 11.1. The molecule has 0 radical (unpaired) electrons. The fourth-order valence-corrected chi connectivity index (χ4v) is 6.13. The molecule has 5 nitrogen and oxygen atoms in total. The SMILES string of the molecule is NS(=O)(=O)NC1CCC(CCCN2CCC(Cc3cc(Cl)ccc3Br)CC2)CC1. The van der Waals surface area contributed by atoms with Crippen molar-refractivity contribution in [2.45, 2.75) is 63.8 Å². The molecule has 1 aliphatic carbocycles. The molecule has 1 saturated heterocycles. The molecule has 0 spiro atoms. The molecule has 3 rings (SSSR count). The monoisotopic (exact) mass is 505 g/mol. The van der Waals surface area contributed by atoms with Gasteiger partial charge >= 0.3 is 0 Å². The van der Waals surface area contributed by atoms with Crippen LogP contribution >= 0.6 is 27.5 Å². The van der Waals surface area contributed by atoms with Gasteiger partial charge in [-0.05, 0) is 113 Å². The van der Waals surface area contributed by atoms with E-state index in [1.54, 1.807) is 0 Å². The van der Waals surface area contributed by atoms with Crippen LogP contribution in [-0.4, -0.2) is 39.0 Å². The van der Waals surface area contributed by atoms with Crippen molar-refractivity contribution < 1.29 is 8.42 Å². The summed E-state index contributed by atoms with van der Waals surface area (Å²) in [4.78, 5) is 2.61. The summed E-state index contributed by atoms with van der Waals surface area (Å²) < 4.78 is 26.0. The number of likely N-dealkylation sites (tertiary alicyclic amines) is 1. The van der Waals surface area contributed by atoms with Gasteiger partial charge < -0.3 is 4.90 Å². The first-order valence-electron chi connectivity index (χ1n) is 10.7. The van der Waals surface area contributed by atoms with Gasteiger partial charge in [-0.15, -0.1) is 0 Å². The highest BCUT2D eigenvalue weighted by Crippen LogP contribution is 2.30. The third-order valence-electron chi connectivity index (χ3n) is 6.49. The van der Waals surface area contributed by atoms with Crippen molar-refractivity contribution in [3.05, 3.63) is 33.3 Å². The number of hydrogen-bond donors (Lipinski definition) is 2. The lowest BCUT2D eigenvalue weighted by Gasteiger charge is -2.33. The minimum Gasteiger partial charge on any atom is -0.303 e. The second-order valence-electron chi connectivity index (χ2n) is 8.75. The number of nitrogens with one attached hydrogen (secondary N) is 1. The van der Waals surface area contributed by atoms with E-state index in [0.29, 0.717) is 0 Å². The van der Waals surface area contributed by atoms with Crippen LogP contribution in [0.5, 0.6) is 0 Å². The number of rotatable bonds is 8. The predicted molar refractivity (Wildman–Crippen MR) is 123 cm³/mol. The Morgan fingerprint density at radius 1 is 1.10 bits per heavy atom. The first-order chi connectivity index (χ1) is 13.8. The summed E-state index contributed by atoms with van der Waals surface area (Å²) in [6.45, 7) is 3.56. The van der Waals surface area contributed by atoms with Gasteiger partial charge in [0.25, 0.3) is 10.2 Å². The summed E-state index contributed by atoms with van der Waals surface area (Å²) in [7, 11) is -3.57. The third-order valence-corrected chi connectivity index (χ3v) is 8.16. The minimum absolute atomic E-state index is 0.0276. The second-order valence-corrected chi connectivity index (χ2v) is 11.4. The number of nitrogens with zero attached hydrogens (tertiary/aromatic N) is 1. The maximum absolute atomic E-state index is 11.1. The molecule has 29 heavy (non-hydrogen) atoms. The fraction of sp³-hybridized carbons (Fsp3) is 0.714. The molecule has 1 aromatic carbocycles. The predicted octanol–water partition coefficient (Wildman–Crippen LogP) is 4.49. The summed E-state index contributed by atoms with van der Waals surface area (Å²) >= 11 is 9.80. The molecule has 2 aliphatic rings. The van der Waals surface area contributed by atoms with Gasteiger partial charge in [0.2, 0.25) is 0 Å². The number of nitrogens with two attached hydrogens (primary N) is 1. The van der Waals surface area contributed by atoms with Gasteiger partial charge in [0.05, 0.1) is 0 Å². The van der Waals surface area contributed by atoms with Crippen LogP contribution in [0.4, 0.5) is 0 Å². The quantitative estimate of drug-likeness (QED) is 0.545. The van der Waals surface area contributed by atoms with Gasteiger partial charge in [0.1, 0.15) is 0 Å². The van der Waals surface area contributed by atoms with Crippen molar-refractivity contribution in [2.75, 3.05) is 19.6 Å². The Morgan fingerprint density at radius 2 is 1.79 bits per heavy atom. The standard InChI is InChI=1S/C21H33BrClN3O2S/c22-21-8-5-19(23)15-18(21)14-17-9-12-26(13-10-17)11-1-2-16-3-6-20(7-4-16)25-29(24,27)28/h5,8,15-17,20,25H,1-4,6-7,9-14H2,(H2,24,27,28). The van der Waals surface area contributed by atoms with E-state index in [9.17, 15) is 8.42 Å². The number of halogens is 2. The molecular weight excluding hydrogens is 474 g/mol. The molecule has 0 amide bonds. The molecule has 164 valence electrons. The van der Waals surface area contributed by atoms with Crippen molar-refractivity contribution in [2.24, 2.45) is 17.0 Å². The molecule has 0 bridgehead atoms. The van der Waals surface area contributed by atoms with E-state index in [2.05, 4.69) is 31.6 Å². The highest BCUT2D eigenvalue weighted by atomic mass is 79.9. The highest BCUT2D eigenvalue weighted by Gasteiger charge is 2.24. The maximum Gasteiger partial charge on any atom is 0.274 e. The zero-order valence-electron chi connectivity index (χ0n) is 17.0. The molecule has 0 aromatic heterocycles. The van der Waals surface area contributed by atoms with E-state index in [0.717, 1.165) is 49.0 Å². The Labute approximate surface area is 189 Å². The van der Waals surface area contributed by atoms with Gasteiger partial charge in [-0.25, -0.2) is 5.14 Å². The molecule has 8 heteroatoms. The van der Waals surface area contributed by atoms with Gasteiger partial charge in [-0.3, -0.25) is 0 Å². The molecule has 0 atom stereocenters. The average molecular weight is 507 g/mol. The Morgan fingerprint density at radius 3 is 2.45 bits per heavy atom. The second kappa shape index (κ2) is 10.9. The summed E-state index contributed by atoms with van der Waals surface area (Å²) in [6.07, 6.45) is 10.1. The first kappa shape index (κ1) is 23.5.